The predicted octanol–water partition coefficient (Wildman–Crippen LogP) is 0.582. The van der Waals surface area contributed by atoms with Crippen LogP contribution in [0.4, 0.5) is 4.39 Å². The van der Waals surface area contributed by atoms with Crippen molar-refractivity contribution in [1.29, 1.82) is 0 Å². The van der Waals surface area contributed by atoms with Crippen molar-refractivity contribution >= 4 is 0 Å². The van der Waals surface area contributed by atoms with Gasteiger partial charge in [-0.25, -0.2) is 4.39 Å². The van der Waals surface area contributed by atoms with Crippen LogP contribution in [-0.2, 0) is 28.3 Å². The highest BCUT2D eigenvalue weighted by Crippen LogP contribution is 2.46. The smallest absolute Gasteiger partial charge is 0.225 e. The van der Waals surface area contributed by atoms with Crippen molar-refractivity contribution in [1.82, 2.24) is 0 Å². The second-order valence-electron chi connectivity index (χ2n) is 7.35. The first-order valence-electron chi connectivity index (χ1n) is 9.31. The van der Waals surface area contributed by atoms with Gasteiger partial charge in [0.25, 0.3) is 0 Å². The molecule has 4 rings (SSSR count). The third-order valence-electron chi connectivity index (χ3n) is 5.59. The predicted molar refractivity (Wildman–Crippen MR) is 98.6 cm³/mol. The van der Waals surface area contributed by atoms with Crippen LogP contribution in [-0.4, -0.2) is 58.6 Å². The molecule has 0 amide bonds. The summed E-state index contributed by atoms with van der Waals surface area (Å²) in [5.41, 5.74) is 2.06. The average molecular weight is 406 g/mol. The van der Waals surface area contributed by atoms with Gasteiger partial charge >= 0.3 is 0 Å². The van der Waals surface area contributed by atoms with E-state index in [2.05, 4.69) is 0 Å². The molecular formula is C21H23FO7. The molecule has 2 aromatic carbocycles. The molecule has 0 radical (unpaired) electrons. The Balaban J connectivity index is 1.71. The van der Waals surface area contributed by atoms with Gasteiger partial charge in [-0.05, 0) is 41.0 Å². The van der Waals surface area contributed by atoms with Crippen LogP contribution in [0.1, 0.15) is 22.3 Å². The molecule has 1 fully saturated rings. The molecule has 156 valence electrons. The molecule has 0 aromatic heterocycles. The van der Waals surface area contributed by atoms with Crippen molar-refractivity contribution in [2.75, 3.05) is 13.7 Å². The van der Waals surface area contributed by atoms with Gasteiger partial charge in [0.1, 0.15) is 36.0 Å². The van der Waals surface area contributed by atoms with Crippen molar-refractivity contribution in [3.63, 3.8) is 0 Å². The molecule has 1 unspecified atom stereocenters. The fourth-order valence-electron chi connectivity index (χ4n) is 3.95. The second kappa shape index (κ2) is 7.64. The van der Waals surface area contributed by atoms with Crippen molar-refractivity contribution in [2.24, 2.45) is 0 Å². The zero-order valence-corrected chi connectivity index (χ0v) is 15.8. The summed E-state index contributed by atoms with van der Waals surface area (Å²) in [6.45, 7) is -0.613. The van der Waals surface area contributed by atoms with E-state index in [9.17, 15) is 24.8 Å². The van der Waals surface area contributed by atoms with Crippen LogP contribution in [0.5, 0.6) is 5.75 Å². The zero-order valence-electron chi connectivity index (χ0n) is 15.8. The van der Waals surface area contributed by atoms with E-state index in [4.69, 9.17) is 14.2 Å². The van der Waals surface area contributed by atoms with Crippen molar-refractivity contribution < 1.29 is 39.0 Å². The molecule has 0 saturated carbocycles. The zero-order chi connectivity index (χ0) is 20.8. The summed E-state index contributed by atoms with van der Waals surface area (Å²) < 4.78 is 31.2. The lowest BCUT2D eigenvalue weighted by Gasteiger charge is -2.46. The second-order valence-corrected chi connectivity index (χ2v) is 7.35. The lowest BCUT2D eigenvalue weighted by atomic mass is 9.86. The molecule has 8 heteroatoms. The number of aliphatic hydroxyl groups excluding tert-OH is 4. The maximum atomic E-state index is 14.7. The van der Waals surface area contributed by atoms with Gasteiger partial charge in [0.2, 0.25) is 5.79 Å². The standard InChI is InChI=1S/C21H23FO7/c1-27-14-4-2-11(3-5-14)6-12-7-15-13(8-16(12)22)10-28-21(15)20(26)19(25)18(24)17(9-23)29-21/h2-5,7-8,17-20,23-26H,6,9-10H2,1H3/t17-,18-,19?,20-,21+/m1/s1. The normalized spacial score (nSPS) is 31.1. The Morgan fingerprint density at radius 2 is 1.86 bits per heavy atom. The molecule has 1 spiro atoms. The monoisotopic (exact) mass is 406 g/mol. The van der Waals surface area contributed by atoms with Crippen LogP contribution in [0, 0.1) is 5.82 Å². The number of methoxy groups -OCH3 is 1. The number of benzene rings is 2. The first-order valence-corrected chi connectivity index (χ1v) is 9.31. The molecule has 4 N–H and O–H groups in total. The Bertz CT molecular complexity index is 885. The molecule has 2 aliphatic rings. The molecule has 1 saturated heterocycles. The Hall–Kier alpha value is -2.07. The van der Waals surface area contributed by atoms with Gasteiger partial charge < -0.3 is 34.6 Å². The lowest BCUT2D eigenvalue weighted by Crippen LogP contribution is -2.63. The SMILES string of the molecule is COc1ccc(Cc2cc3c(cc2F)CO[C@]32O[C@H](CO)[C@@H](O)C(O)[C@H]2O)cc1. The topological polar surface area (TPSA) is 109 Å². The summed E-state index contributed by atoms with van der Waals surface area (Å²) in [6, 6.07) is 10.1. The highest BCUT2D eigenvalue weighted by Gasteiger charge is 2.58. The van der Waals surface area contributed by atoms with Gasteiger partial charge in [0.15, 0.2) is 0 Å². The summed E-state index contributed by atoms with van der Waals surface area (Å²) in [6.07, 6.45) is -5.56. The number of aliphatic hydroxyl groups is 4. The Morgan fingerprint density at radius 3 is 2.52 bits per heavy atom. The molecular weight excluding hydrogens is 383 g/mol. The van der Waals surface area contributed by atoms with Gasteiger partial charge in [0.05, 0.1) is 20.3 Å². The Morgan fingerprint density at radius 1 is 1.14 bits per heavy atom. The largest absolute Gasteiger partial charge is 0.497 e. The van der Waals surface area contributed by atoms with E-state index in [1.54, 1.807) is 25.3 Å². The fourth-order valence-corrected chi connectivity index (χ4v) is 3.95. The summed E-state index contributed by atoms with van der Waals surface area (Å²) in [7, 11) is 1.56. The number of ether oxygens (including phenoxy) is 3. The van der Waals surface area contributed by atoms with Gasteiger partial charge in [-0.3, -0.25) is 0 Å². The van der Waals surface area contributed by atoms with Crippen LogP contribution in [0.3, 0.4) is 0 Å². The number of hydrogen-bond donors (Lipinski definition) is 4. The molecule has 7 nitrogen and oxygen atoms in total. The minimum absolute atomic E-state index is 0.0346. The number of hydrogen-bond acceptors (Lipinski definition) is 7. The first kappa shape index (κ1) is 20.2. The Labute approximate surface area is 166 Å². The maximum Gasteiger partial charge on any atom is 0.225 e. The van der Waals surface area contributed by atoms with E-state index in [0.29, 0.717) is 22.4 Å². The van der Waals surface area contributed by atoms with E-state index < -0.39 is 42.6 Å². The third-order valence-corrected chi connectivity index (χ3v) is 5.59. The number of rotatable bonds is 4. The van der Waals surface area contributed by atoms with E-state index in [0.717, 1.165) is 5.56 Å². The minimum atomic E-state index is -1.79. The quantitative estimate of drug-likeness (QED) is 0.588. The van der Waals surface area contributed by atoms with E-state index >= 15 is 0 Å². The lowest BCUT2D eigenvalue weighted by molar-refractivity contribution is -0.368. The van der Waals surface area contributed by atoms with E-state index in [-0.39, 0.29) is 13.0 Å². The van der Waals surface area contributed by atoms with Crippen LogP contribution < -0.4 is 4.74 Å². The van der Waals surface area contributed by atoms with E-state index in [1.165, 1.54) is 6.07 Å². The fraction of sp³-hybridized carbons (Fsp3) is 0.429. The molecule has 0 bridgehead atoms. The molecule has 5 atom stereocenters. The number of halogens is 1. The van der Waals surface area contributed by atoms with Crippen LogP contribution in [0.2, 0.25) is 0 Å². The molecule has 2 heterocycles. The van der Waals surface area contributed by atoms with Gasteiger partial charge in [-0.1, -0.05) is 12.1 Å². The van der Waals surface area contributed by atoms with Gasteiger partial charge in [0, 0.05) is 12.0 Å². The molecule has 2 aromatic rings. The summed E-state index contributed by atoms with van der Waals surface area (Å²) in [5.74, 6) is -1.52. The third kappa shape index (κ3) is 3.31. The van der Waals surface area contributed by atoms with Crippen LogP contribution in [0.25, 0.3) is 0 Å². The van der Waals surface area contributed by atoms with Crippen LogP contribution in [0.15, 0.2) is 36.4 Å². The molecule has 29 heavy (non-hydrogen) atoms. The number of fused-ring (bicyclic) bond motifs is 2. The molecule has 0 aliphatic carbocycles. The van der Waals surface area contributed by atoms with Crippen molar-refractivity contribution in [2.45, 2.75) is 43.2 Å². The van der Waals surface area contributed by atoms with E-state index in [1.807, 2.05) is 12.1 Å². The summed E-state index contributed by atoms with van der Waals surface area (Å²) in [5, 5.41) is 40.4. The van der Waals surface area contributed by atoms with Crippen molar-refractivity contribution in [3.8, 4) is 5.75 Å². The summed E-state index contributed by atoms with van der Waals surface area (Å²) in [4.78, 5) is 0. The van der Waals surface area contributed by atoms with Crippen molar-refractivity contribution in [3.05, 3.63) is 64.5 Å². The minimum Gasteiger partial charge on any atom is -0.497 e. The average Bonchev–Trinajstić information content (AvgIpc) is 3.08. The first-order chi connectivity index (χ1) is 13.9. The van der Waals surface area contributed by atoms with Gasteiger partial charge in [-0.2, -0.15) is 0 Å². The Kier molecular flexibility index (Phi) is 5.32. The summed E-state index contributed by atoms with van der Waals surface area (Å²) >= 11 is 0. The molecule has 2 aliphatic heterocycles. The highest BCUT2D eigenvalue weighted by molar-refractivity contribution is 5.42. The van der Waals surface area contributed by atoms with Gasteiger partial charge in [-0.15, -0.1) is 0 Å². The maximum absolute atomic E-state index is 14.7. The highest BCUT2D eigenvalue weighted by atomic mass is 19.1. The van der Waals surface area contributed by atoms with Crippen LogP contribution >= 0.6 is 0 Å².